The molecule has 1 amide bonds. The van der Waals surface area contributed by atoms with E-state index in [1.165, 1.54) is 52.5 Å². The van der Waals surface area contributed by atoms with Crippen LogP contribution in [-0.4, -0.2) is 61.5 Å². The fourth-order valence-electron chi connectivity index (χ4n) is 3.31. The Bertz CT molecular complexity index is 1200. The highest BCUT2D eigenvalue weighted by Gasteiger charge is 2.32. The molecule has 7 nitrogen and oxygen atoms in total. The normalized spacial score (nSPS) is 18.8. The van der Waals surface area contributed by atoms with Crippen molar-refractivity contribution in [3.63, 3.8) is 0 Å². The summed E-state index contributed by atoms with van der Waals surface area (Å²) in [6.07, 6.45) is 1.62. The molecule has 2 aromatic rings. The highest BCUT2D eigenvalue weighted by atomic mass is 35.5. The van der Waals surface area contributed by atoms with Gasteiger partial charge in [-0.1, -0.05) is 23.7 Å². The van der Waals surface area contributed by atoms with Gasteiger partial charge in [-0.15, -0.1) is 0 Å². The number of nitrogens with zero attached hydrogens (tertiary/aromatic N) is 3. The summed E-state index contributed by atoms with van der Waals surface area (Å²) >= 11 is 7.04. The zero-order valence-corrected chi connectivity index (χ0v) is 19.4. The molecular formula is C21H18ClF2N3O4S2. The van der Waals surface area contributed by atoms with E-state index in [1.807, 2.05) is 4.90 Å². The van der Waals surface area contributed by atoms with E-state index >= 15 is 0 Å². The Morgan fingerprint density at radius 1 is 1.03 bits per heavy atom. The maximum Gasteiger partial charge on any atom is 0.387 e. The summed E-state index contributed by atoms with van der Waals surface area (Å²) in [6.45, 7) is -1.62. The number of hydrogen-bond acceptors (Lipinski definition) is 6. The highest BCUT2D eigenvalue weighted by Crippen LogP contribution is 2.31. The van der Waals surface area contributed by atoms with Crippen LogP contribution in [-0.2, 0) is 14.8 Å². The molecular weight excluding hydrogens is 496 g/mol. The van der Waals surface area contributed by atoms with Crippen molar-refractivity contribution in [1.29, 1.82) is 0 Å². The van der Waals surface area contributed by atoms with Crippen LogP contribution in [0.2, 0.25) is 5.02 Å². The van der Waals surface area contributed by atoms with Gasteiger partial charge in [0.2, 0.25) is 10.0 Å². The number of rotatable bonds is 5. The van der Waals surface area contributed by atoms with E-state index in [1.54, 1.807) is 18.2 Å². The molecule has 174 valence electrons. The second-order valence-electron chi connectivity index (χ2n) is 7.10. The zero-order valence-electron chi connectivity index (χ0n) is 17.0. The van der Waals surface area contributed by atoms with Crippen LogP contribution in [0.25, 0.3) is 6.08 Å². The maximum absolute atomic E-state index is 12.8. The number of piperazine rings is 1. The molecule has 2 aromatic carbocycles. The van der Waals surface area contributed by atoms with Gasteiger partial charge >= 0.3 is 6.61 Å². The van der Waals surface area contributed by atoms with Crippen LogP contribution in [0.3, 0.4) is 0 Å². The lowest BCUT2D eigenvalue weighted by molar-refractivity contribution is -0.113. The van der Waals surface area contributed by atoms with Crippen LogP contribution in [0.5, 0.6) is 5.75 Å². The third-order valence-corrected chi connectivity index (χ3v) is 8.18. The number of aliphatic imine (C=N–C) groups is 1. The fraction of sp³-hybridized carbons (Fsp3) is 0.238. The molecule has 0 aliphatic carbocycles. The van der Waals surface area contributed by atoms with E-state index in [4.69, 9.17) is 11.6 Å². The first-order valence-electron chi connectivity index (χ1n) is 9.80. The van der Waals surface area contributed by atoms with E-state index in [2.05, 4.69) is 9.73 Å². The Kier molecular flexibility index (Phi) is 7.03. The van der Waals surface area contributed by atoms with Crippen LogP contribution in [0.4, 0.5) is 8.78 Å². The Morgan fingerprint density at radius 3 is 2.27 bits per heavy atom. The molecule has 0 atom stereocenters. The molecule has 2 aliphatic rings. The van der Waals surface area contributed by atoms with E-state index in [0.29, 0.717) is 33.7 Å². The summed E-state index contributed by atoms with van der Waals surface area (Å²) in [7, 11) is -3.63. The molecule has 4 rings (SSSR count). The lowest BCUT2D eigenvalue weighted by atomic mass is 10.2. The van der Waals surface area contributed by atoms with Gasteiger partial charge < -0.3 is 9.64 Å². The smallest absolute Gasteiger partial charge is 0.387 e. The molecule has 0 spiro atoms. The third-order valence-electron chi connectivity index (χ3n) is 4.97. The van der Waals surface area contributed by atoms with Crippen molar-refractivity contribution < 1.29 is 26.7 Å². The standard InChI is InChI=1S/C21H18ClF2N3O4S2/c22-15-3-7-17(8-4-15)33(29,30)27-11-9-26(10-12-27)21-25-19(28)18(32-21)13-14-1-5-16(6-2-14)31-20(23)24/h1-8,13,20H,9-12H2/b18-13-. The number of sulfonamides is 1. The highest BCUT2D eigenvalue weighted by molar-refractivity contribution is 8.18. The van der Waals surface area contributed by atoms with Crippen molar-refractivity contribution in [1.82, 2.24) is 9.21 Å². The first-order chi connectivity index (χ1) is 15.7. The molecule has 0 N–H and O–H groups in total. The number of amidine groups is 1. The number of thioether (sulfide) groups is 1. The largest absolute Gasteiger partial charge is 0.435 e. The van der Waals surface area contributed by atoms with Gasteiger partial charge in [0.05, 0.1) is 9.80 Å². The summed E-state index contributed by atoms with van der Waals surface area (Å²) in [5, 5.41) is 0.966. The lowest BCUT2D eigenvalue weighted by Crippen LogP contribution is -2.49. The molecule has 0 saturated carbocycles. The number of carbonyl (C=O) groups is 1. The Hall–Kier alpha value is -2.47. The molecule has 1 saturated heterocycles. The number of ether oxygens (including phenoxy) is 1. The van der Waals surface area contributed by atoms with Gasteiger partial charge in [-0.2, -0.15) is 18.1 Å². The number of hydrogen-bond donors (Lipinski definition) is 0. The summed E-state index contributed by atoms with van der Waals surface area (Å²) in [5.74, 6) is -0.375. The molecule has 1 fully saturated rings. The average Bonchev–Trinajstić information content (AvgIpc) is 3.15. The van der Waals surface area contributed by atoms with Crippen LogP contribution in [0, 0.1) is 0 Å². The minimum Gasteiger partial charge on any atom is -0.435 e. The minimum absolute atomic E-state index is 0.0286. The van der Waals surface area contributed by atoms with Gasteiger partial charge in [0.1, 0.15) is 5.75 Å². The molecule has 33 heavy (non-hydrogen) atoms. The minimum atomic E-state index is -3.63. The predicted molar refractivity (Wildman–Crippen MR) is 123 cm³/mol. The van der Waals surface area contributed by atoms with Crippen molar-refractivity contribution >= 4 is 50.5 Å². The summed E-state index contributed by atoms with van der Waals surface area (Å²) < 4.78 is 55.9. The predicted octanol–water partition coefficient (Wildman–Crippen LogP) is 3.92. The lowest BCUT2D eigenvalue weighted by Gasteiger charge is -2.34. The topological polar surface area (TPSA) is 79.3 Å². The van der Waals surface area contributed by atoms with E-state index in [0.717, 1.165) is 0 Å². The molecule has 0 unspecified atom stereocenters. The van der Waals surface area contributed by atoms with Crippen LogP contribution in [0.15, 0.2) is 63.3 Å². The Balaban J connectivity index is 1.37. The molecule has 0 radical (unpaired) electrons. The van der Waals surface area contributed by atoms with Crippen molar-refractivity contribution in [3.8, 4) is 5.75 Å². The van der Waals surface area contributed by atoms with Crippen molar-refractivity contribution in [3.05, 3.63) is 64.0 Å². The number of halogens is 3. The SMILES string of the molecule is O=C1N=C(N2CCN(S(=O)(=O)c3ccc(Cl)cc3)CC2)S/C1=C\c1ccc(OC(F)F)cc1. The fourth-order valence-corrected chi connectivity index (χ4v) is 5.82. The quantitative estimate of drug-likeness (QED) is 0.564. The summed E-state index contributed by atoms with van der Waals surface area (Å²) in [5.41, 5.74) is 0.641. The van der Waals surface area contributed by atoms with Gasteiger partial charge in [0.25, 0.3) is 5.91 Å². The Labute approximate surface area is 198 Å². The summed E-state index contributed by atoms with van der Waals surface area (Å²) in [4.78, 5) is 18.9. The van der Waals surface area contributed by atoms with Crippen LogP contribution in [0.1, 0.15) is 5.56 Å². The molecule has 0 bridgehead atoms. The molecule has 12 heteroatoms. The van der Waals surface area contributed by atoms with Gasteiger partial charge in [-0.3, -0.25) is 4.79 Å². The van der Waals surface area contributed by atoms with E-state index in [9.17, 15) is 22.0 Å². The number of carbonyl (C=O) groups excluding carboxylic acids is 1. The van der Waals surface area contributed by atoms with E-state index in [-0.39, 0.29) is 23.7 Å². The second-order valence-corrected chi connectivity index (χ2v) is 10.5. The monoisotopic (exact) mass is 513 g/mol. The van der Waals surface area contributed by atoms with E-state index < -0.39 is 22.5 Å². The van der Waals surface area contributed by atoms with Crippen LogP contribution < -0.4 is 4.74 Å². The number of alkyl halides is 2. The first-order valence-corrected chi connectivity index (χ1v) is 12.4. The summed E-state index contributed by atoms with van der Waals surface area (Å²) in [6, 6.07) is 11.9. The molecule has 2 aliphatic heterocycles. The maximum atomic E-state index is 12.8. The van der Waals surface area contributed by atoms with Crippen molar-refractivity contribution in [2.24, 2.45) is 4.99 Å². The van der Waals surface area contributed by atoms with Crippen molar-refractivity contribution in [2.45, 2.75) is 11.5 Å². The second kappa shape index (κ2) is 9.80. The van der Waals surface area contributed by atoms with Gasteiger partial charge in [0, 0.05) is 31.2 Å². The average molecular weight is 514 g/mol. The number of benzene rings is 2. The number of amides is 1. The Morgan fingerprint density at radius 2 is 1.67 bits per heavy atom. The van der Waals surface area contributed by atoms with Crippen LogP contribution >= 0.6 is 23.4 Å². The molecule has 2 heterocycles. The zero-order chi connectivity index (χ0) is 23.6. The third kappa shape index (κ3) is 5.55. The van der Waals surface area contributed by atoms with Crippen molar-refractivity contribution in [2.75, 3.05) is 26.2 Å². The van der Waals surface area contributed by atoms with Gasteiger partial charge in [-0.05, 0) is 59.8 Å². The van der Waals surface area contributed by atoms with Gasteiger partial charge in [0.15, 0.2) is 5.17 Å². The van der Waals surface area contributed by atoms with Gasteiger partial charge in [-0.25, -0.2) is 8.42 Å². The molecule has 0 aromatic heterocycles. The first kappa shape index (κ1) is 23.7.